The molecular formula is C20H35N3O3. The molecule has 0 bridgehead atoms. The lowest BCUT2D eigenvalue weighted by Crippen LogP contribution is -2.53. The van der Waals surface area contributed by atoms with Gasteiger partial charge in [0, 0.05) is 18.0 Å². The van der Waals surface area contributed by atoms with Crippen LogP contribution in [0.5, 0.6) is 0 Å². The van der Waals surface area contributed by atoms with Gasteiger partial charge in [0.05, 0.1) is 12.6 Å². The topological polar surface area (TPSA) is 81.7 Å². The Morgan fingerprint density at radius 1 is 0.885 bits per heavy atom. The highest BCUT2D eigenvalue weighted by Crippen LogP contribution is 2.33. The third-order valence-electron chi connectivity index (χ3n) is 6.48. The Kier molecular flexibility index (Phi) is 7.32. The van der Waals surface area contributed by atoms with Crippen molar-refractivity contribution >= 4 is 11.9 Å². The number of aliphatic hydroxyl groups excluding tert-OH is 1. The Morgan fingerprint density at radius 3 is 2.35 bits per heavy atom. The molecule has 3 fully saturated rings. The zero-order valence-corrected chi connectivity index (χ0v) is 15.9. The van der Waals surface area contributed by atoms with E-state index in [0.717, 1.165) is 70.8 Å². The number of hydrogen-bond donors (Lipinski definition) is 3. The molecule has 3 unspecified atom stereocenters. The van der Waals surface area contributed by atoms with Crippen LogP contribution in [0.3, 0.4) is 0 Å². The zero-order valence-electron chi connectivity index (χ0n) is 15.9. The summed E-state index contributed by atoms with van der Waals surface area (Å²) in [6, 6.07) is 0.121. The zero-order chi connectivity index (χ0) is 18.4. The van der Waals surface area contributed by atoms with Crippen LogP contribution in [0.1, 0.15) is 77.0 Å². The number of carbonyl (C=O) groups excluding carboxylic acids is 2. The quantitative estimate of drug-likeness (QED) is 0.715. The standard InChI is InChI=1S/C20H35N3O3/c24-18-12-5-4-10-16(18)17-11-6-7-13-23(17)14-19(25)22-20(26)21-15-8-2-1-3-9-15/h15-18,24H,1-14H2,(H2,21,22,25,26). The van der Waals surface area contributed by atoms with E-state index in [1.807, 2.05) is 0 Å². The van der Waals surface area contributed by atoms with Crippen LogP contribution in [0.25, 0.3) is 0 Å². The van der Waals surface area contributed by atoms with Crippen molar-refractivity contribution < 1.29 is 14.7 Å². The first kappa shape index (κ1) is 19.6. The predicted molar refractivity (Wildman–Crippen MR) is 101 cm³/mol. The fourth-order valence-corrected chi connectivity index (χ4v) is 5.11. The molecule has 0 aromatic rings. The molecule has 3 aliphatic rings. The van der Waals surface area contributed by atoms with Crippen LogP contribution in [-0.4, -0.2) is 53.2 Å². The number of carbonyl (C=O) groups is 2. The minimum atomic E-state index is -0.354. The predicted octanol–water partition coefficient (Wildman–Crippen LogP) is 2.55. The summed E-state index contributed by atoms with van der Waals surface area (Å²) in [5.74, 6) is 0.0448. The maximum absolute atomic E-state index is 12.4. The Balaban J connectivity index is 1.48. The summed E-state index contributed by atoms with van der Waals surface area (Å²) in [5.41, 5.74) is 0. The van der Waals surface area contributed by atoms with Crippen molar-refractivity contribution in [3.63, 3.8) is 0 Å². The number of hydrogen-bond acceptors (Lipinski definition) is 4. The SMILES string of the molecule is O=C(CN1CCCCC1C1CCCCC1O)NC(=O)NC1CCCCC1. The molecule has 0 aromatic heterocycles. The van der Waals surface area contributed by atoms with Crippen LogP contribution in [0, 0.1) is 5.92 Å². The molecule has 3 atom stereocenters. The maximum Gasteiger partial charge on any atom is 0.321 e. The number of urea groups is 1. The molecule has 6 heteroatoms. The van der Waals surface area contributed by atoms with Gasteiger partial charge in [-0.05, 0) is 45.1 Å². The normalized spacial score (nSPS) is 31.3. The van der Waals surface area contributed by atoms with Crippen molar-refractivity contribution in [3.05, 3.63) is 0 Å². The molecule has 2 aliphatic carbocycles. The molecule has 26 heavy (non-hydrogen) atoms. The molecule has 1 heterocycles. The number of imide groups is 1. The minimum absolute atomic E-state index is 0.205. The first-order chi connectivity index (χ1) is 12.6. The second-order valence-corrected chi connectivity index (χ2v) is 8.41. The van der Waals surface area contributed by atoms with E-state index >= 15 is 0 Å². The number of amides is 3. The molecule has 0 aromatic carbocycles. The van der Waals surface area contributed by atoms with Crippen LogP contribution < -0.4 is 10.6 Å². The monoisotopic (exact) mass is 365 g/mol. The van der Waals surface area contributed by atoms with E-state index in [0.29, 0.717) is 0 Å². The lowest BCUT2D eigenvalue weighted by molar-refractivity contribution is -0.123. The van der Waals surface area contributed by atoms with E-state index in [-0.39, 0.29) is 42.6 Å². The second-order valence-electron chi connectivity index (χ2n) is 8.41. The molecule has 0 spiro atoms. The molecule has 148 valence electrons. The van der Waals surface area contributed by atoms with Gasteiger partial charge in [-0.3, -0.25) is 15.0 Å². The van der Waals surface area contributed by atoms with Crippen LogP contribution >= 0.6 is 0 Å². The van der Waals surface area contributed by atoms with Crippen LogP contribution in [0.15, 0.2) is 0 Å². The fraction of sp³-hybridized carbons (Fsp3) is 0.900. The van der Waals surface area contributed by atoms with Crippen molar-refractivity contribution in [2.45, 2.75) is 95.2 Å². The van der Waals surface area contributed by atoms with Gasteiger partial charge in [0.15, 0.2) is 0 Å². The molecule has 2 saturated carbocycles. The Morgan fingerprint density at radius 2 is 1.58 bits per heavy atom. The van der Waals surface area contributed by atoms with Crippen molar-refractivity contribution in [1.82, 2.24) is 15.5 Å². The second kappa shape index (κ2) is 9.70. The number of nitrogens with zero attached hydrogens (tertiary/aromatic N) is 1. The number of rotatable bonds is 4. The Bertz CT molecular complexity index is 479. The van der Waals surface area contributed by atoms with Gasteiger partial charge in [0.2, 0.25) is 5.91 Å². The molecule has 6 nitrogen and oxygen atoms in total. The molecule has 1 aliphatic heterocycles. The molecule has 3 N–H and O–H groups in total. The van der Waals surface area contributed by atoms with Crippen molar-refractivity contribution in [1.29, 1.82) is 0 Å². The van der Waals surface area contributed by atoms with Gasteiger partial charge in [-0.15, -0.1) is 0 Å². The fourth-order valence-electron chi connectivity index (χ4n) is 5.11. The summed E-state index contributed by atoms with van der Waals surface area (Å²) in [6.07, 6.45) is 12.8. The average molecular weight is 366 g/mol. The van der Waals surface area contributed by atoms with E-state index < -0.39 is 0 Å². The minimum Gasteiger partial charge on any atom is -0.393 e. The maximum atomic E-state index is 12.4. The van der Waals surface area contributed by atoms with Crippen molar-refractivity contribution in [2.75, 3.05) is 13.1 Å². The van der Waals surface area contributed by atoms with E-state index in [1.54, 1.807) is 0 Å². The summed E-state index contributed by atoms with van der Waals surface area (Å²) >= 11 is 0. The summed E-state index contributed by atoms with van der Waals surface area (Å²) in [5, 5.41) is 15.9. The first-order valence-corrected chi connectivity index (χ1v) is 10.7. The summed E-state index contributed by atoms with van der Waals surface area (Å²) in [7, 11) is 0. The highest BCUT2D eigenvalue weighted by Gasteiger charge is 2.36. The lowest BCUT2D eigenvalue weighted by Gasteiger charge is -2.43. The van der Waals surface area contributed by atoms with E-state index in [9.17, 15) is 14.7 Å². The Hall–Kier alpha value is -1.14. The van der Waals surface area contributed by atoms with Gasteiger partial charge >= 0.3 is 6.03 Å². The van der Waals surface area contributed by atoms with Gasteiger partial charge in [-0.1, -0.05) is 38.5 Å². The van der Waals surface area contributed by atoms with E-state index in [1.165, 1.54) is 12.8 Å². The third kappa shape index (κ3) is 5.43. The lowest BCUT2D eigenvalue weighted by atomic mass is 9.78. The largest absolute Gasteiger partial charge is 0.393 e. The third-order valence-corrected chi connectivity index (χ3v) is 6.48. The van der Waals surface area contributed by atoms with Gasteiger partial charge < -0.3 is 10.4 Å². The van der Waals surface area contributed by atoms with Crippen molar-refractivity contribution in [2.24, 2.45) is 5.92 Å². The first-order valence-electron chi connectivity index (χ1n) is 10.7. The smallest absolute Gasteiger partial charge is 0.321 e. The van der Waals surface area contributed by atoms with Crippen LogP contribution in [-0.2, 0) is 4.79 Å². The van der Waals surface area contributed by atoms with Crippen molar-refractivity contribution in [3.8, 4) is 0 Å². The summed E-state index contributed by atoms with van der Waals surface area (Å²) < 4.78 is 0. The van der Waals surface area contributed by atoms with Gasteiger partial charge in [-0.25, -0.2) is 4.79 Å². The van der Waals surface area contributed by atoms with Gasteiger partial charge in [0.25, 0.3) is 0 Å². The number of likely N-dealkylation sites (tertiary alicyclic amines) is 1. The highest BCUT2D eigenvalue weighted by molar-refractivity contribution is 5.95. The molecular weight excluding hydrogens is 330 g/mol. The highest BCUT2D eigenvalue weighted by atomic mass is 16.3. The van der Waals surface area contributed by atoms with Crippen LogP contribution in [0.4, 0.5) is 4.79 Å². The number of piperidine rings is 1. The van der Waals surface area contributed by atoms with Gasteiger partial charge in [-0.2, -0.15) is 0 Å². The van der Waals surface area contributed by atoms with E-state index in [2.05, 4.69) is 15.5 Å². The Labute approximate surface area is 157 Å². The van der Waals surface area contributed by atoms with Gasteiger partial charge in [0.1, 0.15) is 0 Å². The average Bonchev–Trinajstić information content (AvgIpc) is 2.63. The number of aliphatic hydroxyl groups is 1. The molecule has 0 radical (unpaired) electrons. The molecule has 1 saturated heterocycles. The van der Waals surface area contributed by atoms with Crippen LogP contribution in [0.2, 0.25) is 0 Å². The molecule has 3 rings (SSSR count). The molecule has 3 amide bonds. The summed E-state index contributed by atoms with van der Waals surface area (Å²) in [4.78, 5) is 26.7. The number of nitrogens with one attached hydrogen (secondary N) is 2. The van der Waals surface area contributed by atoms with E-state index in [4.69, 9.17) is 0 Å². The summed E-state index contributed by atoms with van der Waals surface area (Å²) in [6.45, 7) is 1.14.